The van der Waals surface area contributed by atoms with Gasteiger partial charge in [-0.3, -0.25) is 9.59 Å². The number of carbonyl (C=O) groups is 2. The number of aliphatic hydroxyl groups excluding tert-OH is 1. The highest BCUT2D eigenvalue weighted by molar-refractivity contribution is 6.03. The van der Waals surface area contributed by atoms with E-state index in [2.05, 4.69) is 10.4 Å². The van der Waals surface area contributed by atoms with Gasteiger partial charge in [0.1, 0.15) is 0 Å². The Morgan fingerprint density at radius 3 is 2.52 bits per heavy atom. The predicted molar refractivity (Wildman–Crippen MR) is 98.4 cm³/mol. The van der Waals surface area contributed by atoms with Crippen molar-refractivity contribution in [2.75, 3.05) is 18.5 Å². The van der Waals surface area contributed by atoms with Crippen LogP contribution in [0.2, 0.25) is 0 Å². The maximum Gasteiger partial charge on any atom is 0.359 e. The highest BCUT2D eigenvalue weighted by Crippen LogP contribution is 2.15. The van der Waals surface area contributed by atoms with E-state index < -0.39 is 35.7 Å². The summed E-state index contributed by atoms with van der Waals surface area (Å²) in [7, 11) is 0. The lowest BCUT2D eigenvalue weighted by Crippen LogP contribution is -2.28. The number of hydrogen-bond acceptors (Lipinski definition) is 6. The lowest BCUT2D eigenvalue weighted by atomic mass is 10.1. The molecule has 10 heteroatoms. The van der Waals surface area contributed by atoms with Crippen LogP contribution in [-0.4, -0.2) is 40.0 Å². The smallest absolute Gasteiger partial charge is 0.359 e. The largest absolute Gasteiger partial charge is 0.451 e. The van der Waals surface area contributed by atoms with Gasteiger partial charge in [-0.25, -0.2) is 18.3 Å². The Kier molecular flexibility index (Phi) is 5.93. The molecule has 2 aromatic carbocycles. The normalized spacial score (nSPS) is 10.7. The minimum atomic E-state index is -1.14. The number of hydrogen-bond donors (Lipinski definition) is 2. The van der Waals surface area contributed by atoms with Gasteiger partial charge in [0.2, 0.25) is 0 Å². The summed E-state index contributed by atoms with van der Waals surface area (Å²) >= 11 is 0. The summed E-state index contributed by atoms with van der Waals surface area (Å²) in [5, 5.41) is 15.7. The van der Waals surface area contributed by atoms with Crippen LogP contribution in [0.4, 0.5) is 14.5 Å². The average Bonchev–Trinajstić information content (AvgIpc) is 2.71. The minimum Gasteiger partial charge on any atom is -0.451 e. The van der Waals surface area contributed by atoms with Crippen LogP contribution in [0.1, 0.15) is 10.5 Å². The van der Waals surface area contributed by atoms with E-state index in [1.807, 2.05) is 0 Å². The number of carbonyl (C=O) groups excluding carboxylic acids is 2. The van der Waals surface area contributed by atoms with E-state index >= 15 is 0 Å². The number of amides is 1. The third-order valence-corrected chi connectivity index (χ3v) is 3.91. The first-order chi connectivity index (χ1) is 13.9. The second kappa shape index (κ2) is 8.57. The van der Waals surface area contributed by atoms with Crippen LogP contribution in [-0.2, 0) is 16.1 Å². The quantitative estimate of drug-likeness (QED) is 0.603. The van der Waals surface area contributed by atoms with Gasteiger partial charge in [-0.05, 0) is 18.2 Å². The fourth-order valence-electron chi connectivity index (χ4n) is 2.60. The van der Waals surface area contributed by atoms with E-state index in [-0.39, 0.29) is 35.3 Å². The summed E-state index contributed by atoms with van der Waals surface area (Å²) in [6, 6.07) is 9.00. The summed E-state index contributed by atoms with van der Waals surface area (Å²) in [4.78, 5) is 36.7. The second-order valence-corrected chi connectivity index (χ2v) is 5.90. The molecule has 0 bridgehead atoms. The fourth-order valence-corrected chi connectivity index (χ4v) is 2.60. The molecule has 0 radical (unpaired) electrons. The van der Waals surface area contributed by atoms with Crippen molar-refractivity contribution in [2.45, 2.75) is 6.54 Å². The van der Waals surface area contributed by atoms with Crippen molar-refractivity contribution < 1.29 is 28.2 Å². The monoisotopic (exact) mass is 403 g/mol. The Hall–Kier alpha value is -3.66. The van der Waals surface area contributed by atoms with Gasteiger partial charge in [-0.1, -0.05) is 18.2 Å². The molecule has 0 unspecified atom stereocenters. The third kappa shape index (κ3) is 4.43. The molecule has 8 nitrogen and oxygen atoms in total. The highest BCUT2D eigenvalue weighted by atomic mass is 19.2. The molecular weight excluding hydrogens is 388 g/mol. The van der Waals surface area contributed by atoms with Gasteiger partial charge in [0, 0.05) is 17.1 Å². The third-order valence-electron chi connectivity index (χ3n) is 3.91. The molecule has 0 atom stereocenters. The van der Waals surface area contributed by atoms with Crippen molar-refractivity contribution in [2.24, 2.45) is 0 Å². The maximum atomic E-state index is 13.2. The molecule has 0 fully saturated rings. The van der Waals surface area contributed by atoms with Crippen LogP contribution in [0, 0.1) is 11.6 Å². The van der Waals surface area contributed by atoms with E-state index in [4.69, 9.17) is 9.84 Å². The van der Waals surface area contributed by atoms with Crippen molar-refractivity contribution >= 4 is 28.3 Å². The number of aliphatic hydroxyl groups is 1. The molecule has 0 aliphatic rings. The molecule has 0 aliphatic carbocycles. The predicted octanol–water partition coefficient (Wildman–Crippen LogP) is 1.46. The SMILES string of the molecule is O=C(COC(=O)c1nn(CCO)c(=O)c2ccccc12)Nc1ccc(F)c(F)c1. The maximum absolute atomic E-state index is 13.2. The lowest BCUT2D eigenvalue weighted by molar-refractivity contribution is -0.119. The number of anilines is 1. The first kappa shape index (κ1) is 20.1. The highest BCUT2D eigenvalue weighted by Gasteiger charge is 2.19. The first-order valence-electron chi connectivity index (χ1n) is 8.43. The molecule has 150 valence electrons. The average molecular weight is 403 g/mol. The number of esters is 1. The van der Waals surface area contributed by atoms with Gasteiger partial charge in [0.25, 0.3) is 11.5 Å². The van der Waals surface area contributed by atoms with Crippen LogP contribution in [0.3, 0.4) is 0 Å². The molecule has 1 amide bonds. The standard InChI is InChI=1S/C19H15F2N3O5/c20-14-6-5-11(9-15(14)21)22-16(26)10-29-19(28)17-12-3-1-2-4-13(12)18(27)24(23-17)7-8-25/h1-6,9,25H,7-8,10H2,(H,22,26). The second-order valence-electron chi connectivity index (χ2n) is 5.90. The van der Waals surface area contributed by atoms with E-state index in [1.165, 1.54) is 12.1 Å². The molecular formula is C19H15F2N3O5. The van der Waals surface area contributed by atoms with Crippen LogP contribution < -0.4 is 10.9 Å². The Morgan fingerprint density at radius 1 is 1.10 bits per heavy atom. The van der Waals surface area contributed by atoms with E-state index in [9.17, 15) is 23.2 Å². The van der Waals surface area contributed by atoms with E-state index in [0.29, 0.717) is 0 Å². The molecule has 1 aromatic heterocycles. The van der Waals surface area contributed by atoms with Gasteiger partial charge in [-0.15, -0.1) is 0 Å². The number of halogens is 2. The van der Waals surface area contributed by atoms with Gasteiger partial charge < -0.3 is 15.2 Å². The number of fused-ring (bicyclic) bond motifs is 1. The number of nitrogens with zero attached hydrogens (tertiary/aromatic N) is 2. The summed E-state index contributed by atoms with van der Waals surface area (Å²) in [6.45, 7) is -1.20. The molecule has 1 heterocycles. The zero-order valence-electron chi connectivity index (χ0n) is 14.9. The van der Waals surface area contributed by atoms with Crippen LogP contribution >= 0.6 is 0 Å². The minimum absolute atomic E-state index is 0.00924. The lowest BCUT2D eigenvalue weighted by Gasteiger charge is -2.10. The number of ether oxygens (including phenoxy) is 1. The van der Waals surface area contributed by atoms with Gasteiger partial charge >= 0.3 is 5.97 Å². The number of benzene rings is 2. The number of aromatic nitrogens is 2. The van der Waals surface area contributed by atoms with Crippen molar-refractivity contribution in [1.29, 1.82) is 0 Å². The van der Waals surface area contributed by atoms with E-state index in [0.717, 1.165) is 22.9 Å². The first-order valence-corrected chi connectivity index (χ1v) is 8.43. The summed E-state index contributed by atoms with van der Waals surface area (Å²) in [5.41, 5.74) is -0.693. The summed E-state index contributed by atoms with van der Waals surface area (Å²) in [6.07, 6.45) is 0. The summed E-state index contributed by atoms with van der Waals surface area (Å²) < 4.78 is 32.0. The van der Waals surface area contributed by atoms with E-state index in [1.54, 1.807) is 12.1 Å². The summed E-state index contributed by atoms with van der Waals surface area (Å²) in [5.74, 6) is -3.95. The Labute approximate surface area is 162 Å². The van der Waals surface area contributed by atoms with Gasteiger partial charge in [-0.2, -0.15) is 5.10 Å². The van der Waals surface area contributed by atoms with Gasteiger partial charge in [0.15, 0.2) is 23.9 Å². The van der Waals surface area contributed by atoms with Crippen molar-refractivity contribution in [3.05, 3.63) is 70.1 Å². The Morgan fingerprint density at radius 2 is 1.83 bits per heavy atom. The van der Waals surface area contributed by atoms with Gasteiger partial charge in [0.05, 0.1) is 18.5 Å². The fraction of sp³-hybridized carbons (Fsp3) is 0.158. The molecule has 29 heavy (non-hydrogen) atoms. The van der Waals surface area contributed by atoms with Crippen LogP contribution in [0.25, 0.3) is 10.8 Å². The molecule has 3 aromatic rings. The number of rotatable bonds is 6. The molecule has 0 saturated heterocycles. The molecule has 0 spiro atoms. The molecule has 3 rings (SSSR count). The van der Waals surface area contributed by atoms with Crippen molar-refractivity contribution in [3.8, 4) is 0 Å². The zero-order chi connectivity index (χ0) is 21.0. The molecule has 2 N–H and O–H groups in total. The van der Waals surface area contributed by atoms with Crippen molar-refractivity contribution in [3.63, 3.8) is 0 Å². The Balaban J connectivity index is 1.77. The number of nitrogens with one attached hydrogen (secondary N) is 1. The van der Waals surface area contributed by atoms with Crippen LogP contribution in [0.5, 0.6) is 0 Å². The topological polar surface area (TPSA) is 111 Å². The molecule has 0 aliphatic heterocycles. The Bertz CT molecular complexity index is 1150. The van der Waals surface area contributed by atoms with Crippen molar-refractivity contribution in [1.82, 2.24) is 9.78 Å². The van der Waals surface area contributed by atoms with Crippen LogP contribution in [0.15, 0.2) is 47.3 Å². The zero-order valence-corrected chi connectivity index (χ0v) is 14.9. The molecule has 0 saturated carbocycles.